The van der Waals surface area contributed by atoms with E-state index in [2.05, 4.69) is 15.2 Å². The van der Waals surface area contributed by atoms with Crippen molar-refractivity contribution in [1.82, 2.24) is 15.2 Å². The number of aromatic nitrogens is 3. The predicted molar refractivity (Wildman–Crippen MR) is 88.0 cm³/mol. The molecule has 1 atom stereocenters. The van der Waals surface area contributed by atoms with Crippen molar-refractivity contribution in [3.05, 3.63) is 60.2 Å². The summed E-state index contributed by atoms with van der Waals surface area (Å²) in [6.07, 6.45) is 0. The van der Waals surface area contributed by atoms with Gasteiger partial charge in [0.15, 0.2) is 5.58 Å². The van der Waals surface area contributed by atoms with Gasteiger partial charge in [-0.2, -0.15) is 0 Å². The van der Waals surface area contributed by atoms with Crippen LogP contribution >= 0.6 is 11.8 Å². The minimum atomic E-state index is -0.307. The standard InChI is InChI=1S/C17H12FN3O2S/c1-10(24-17-19-13-4-2-3-5-14(13)22-17)15-20-21-16(23-15)11-6-8-12(18)9-7-11/h2-10H,1H3/t10-/m1/s1. The number of halogens is 1. The number of oxazole rings is 1. The molecule has 0 saturated heterocycles. The molecule has 7 heteroatoms. The van der Waals surface area contributed by atoms with Gasteiger partial charge in [-0.3, -0.25) is 0 Å². The monoisotopic (exact) mass is 341 g/mol. The van der Waals surface area contributed by atoms with Crippen molar-refractivity contribution in [1.29, 1.82) is 0 Å². The number of benzene rings is 2. The molecular formula is C17H12FN3O2S. The minimum absolute atomic E-state index is 0.125. The van der Waals surface area contributed by atoms with Crippen LogP contribution in [-0.4, -0.2) is 15.2 Å². The lowest BCUT2D eigenvalue weighted by Gasteiger charge is -2.01. The molecule has 5 nitrogen and oxygen atoms in total. The topological polar surface area (TPSA) is 65.0 Å². The highest BCUT2D eigenvalue weighted by Gasteiger charge is 2.19. The maximum absolute atomic E-state index is 13.0. The van der Waals surface area contributed by atoms with Gasteiger partial charge in [-0.1, -0.05) is 23.9 Å². The normalized spacial score (nSPS) is 12.6. The average Bonchev–Trinajstić information content (AvgIpc) is 3.21. The number of hydrogen-bond acceptors (Lipinski definition) is 6. The van der Waals surface area contributed by atoms with E-state index >= 15 is 0 Å². The number of para-hydroxylation sites is 2. The van der Waals surface area contributed by atoms with Crippen molar-refractivity contribution in [2.75, 3.05) is 0 Å². The first kappa shape index (κ1) is 14.9. The Balaban J connectivity index is 1.54. The number of hydrogen-bond donors (Lipinski definition) is 0. The molecule has 0 bridgehead atoms. The van der Waals surface area contributed by atoms with Gasteiger partial charge in [0.1, 0.15) is 11.3 Å². The van der Waals surface area contributed by atoms with Gasteiger partial charge < -0.3 is 8.83 Å². The van der Waals surface area contributed by atoms with E-state index in [1.165, 1.54) is 23.9 Å². The fraction of sp³-hybridized carbons (Fsp3) is 0.118. The van der Waals surface area contributed by atoms with E-state index < -0.39 is 0 Å². The summed E-state index contributed by atoms with van der Waals surface area (Å²) in [5.41, 5.74) is 2.23. The van der Waals surface area contributed by atoms with Crippen LogP contribution in [0.15, 0.2) is 62.6 Å². The Morgan fingerprint density at radius 1 is 1.00 bits per heavy atom. The molecule has 0 aliphatic carbocycles. The zero-order valence-corrected chi connectivity index (χ0v) is 13.5. The van der Waals surface area contributed by atoms with Crippen LogP contribution in [0.3, 0.4) is 0 Å². The summed E-state index contributed by atoms with van der Waals surface area (Å²) >= 11 is 1.40. The van der Waals surface area contributed by atoms with Gasteiger partial charge in [-0.25, -0.2) is 9.37 Å². The molecule has 4 rings (SSSR count). The SMILES string of the molecule is C[C@@H](Sc1nc2ccccc2o1)c1nnc(-c2ccc(F)cc2)o1. The third-order valence-corrected chi connectivity index (χ3v) is 4.36. The molecule has 0 aliphatic rings. The lowest BCUT2D eigenvalue weighted by Crippen LogP contribution is -1.88. The maximum atomic E-state index is 13.0. The molecule has 120 valence electrons. The van der Waals surface area contributed by atoms with Crippen molar-refractivity contribution >= 4 is 22.9 Å². The van der Waals surface area contributed by atoms with Crippen LogP contribution in [0.5, 0.6) is 0 Å². The second-order valence-electron chi connectivity index (χ2n) is 5.16. The maximum Gasteiger partial charge on any atom is 0.257 e. The molecule has 24 heavy (non-hydrogen) atoms. The molecule has 0 radical (unpaired) electrons. The van der Waals surface area contributed by atoms with E-state index in [-0.39, 0.29) is 11.1 Å². The molecule has 0 spiro atoms. The highest BCUT2D eigenvalue weighted by molar-refractivity contribution is 7.99. The third kappa shape index (κ3) is 2.90. The second-order valence-corrected chi connectivity index (χ2v) is 6.45. The number of fused-ring (bicyclic) bond motifs is 1. The fourth-order valence-electron chi connectivity index (χ4n) is 2.21. The highest BCUT2D eigenvalue weighted by Crippen LogP contribution is 2.35. The van der Waals surface area contributed by atoms with Crippen LogP contribution in [-0.2, 0) is 0 Å². The van der Waals surface area contributed by atoms with Gasteiger partial charge in [-0.15, -0.1) is 10.2 Å². The van der Waals surface area contributed by atoms with Gasteiger partial charge in [0.05, 0.1) is 5.25 Å². The number of thioether (sulfide) groups is 1. The molecular weight excluding hydrogens is 329 g/mol. The van der Waals surface area contributed by atoms with E-state index in [0.717, 1.165) is 11.1 Å². The van der Waals surface area contributed by atoms with Gasteiger partial charge in [0.25, 0.3) is 5.22 Å². The summed E-state index contributed by atoms with van der Waals surface area (Å²) < 4.78 is 24.3. The lowest BCUT2D eigenvalue weighted by atomic mass is 10.2. The largest absolute Gasteiger partial charge is 0.431 e. The molecule has 2 aromatic carbocycles. The third-order valence-electron chi connectivity index (χ3n) is 3.43. The van der Waals surface area contributed by atoms with Crippen LogP contribution in [0, 0.1) is 5.82 Å². The molecule has 0 amide bonds. The van der Waals surface area contributed by atoms with Crippen molar-refractivity contribution in [3.8, 4) is 11.5 Å². The molecule has 0 aliphatic heterocycles. The van der Waals surface area contributed by atoms with Gasteiger partial charge >= 0.3 is 0 Å². The first-order valence-corrected chi connectivity index (χ1v) is 8.18. The van der Waals surface area contributed by atoms with Gasteiger partial charge in [0.2, 0.25) is 11.8 Å². The quantitative estimate of drug-likeness (QED) is 0.493. The Labute approximate surface area is 140 Å². The van der Waals surface area contributed by atoms with Crippen LogP contribution in [0.1, 0.15) is 18.1 Å². The van der Waals surface area contributed by atoms with Crippen LogP contribution in [0.25, 0.3) is 22.6 Å². The highest BCUT2D eigenvalue weighted by atomic mass is 32.2. The predicted octanol–water partition coefficient (Wildman–Crippen LogP) is 4.87. The van der Waals surface area contributed by atoms with Crippen molar-refractivity contribution in [3.63, 3.8) is 0 Å². The Hall–Kier alpha value is -2.67. The zero-order valence-electron chi connectivity index (χ0n) is 12.6. The molecule has 0 saturated carbocycles. The van der Waals surface area contributed by atoms with Crippen molar-refractivity contribution < 1.29 is 13.2 Å². The smallest absolute Gasteiger partial charge is 0.257 e. The van der Waals surface area contributed by atoms with E-state index in [1.54, 1.807) is 12.1 Å². The van der Waals surface area contributed by atoms with E-state index in [0.29, 0.717) is 22.6 Å². The first-order chi connectivity index (χ1) is 11.7. The average molecular weight is 341 g/mol. The summed E-state index contributed by atoms with van der Waals surface area (Å²) in [5, 5.41) is 8.50. The molecule has 2 aromatic heterocycles. The molecule has 4 aromatic rings. The summed E-state index contributed by atoms with van der Waals surface area (Å²) in [7, 11) is 0. The number of nitrogens with zero attached hydrogens (tertiary/aromatic N) is 3. The molecule has 0 N–H and O–H groups in total. The fourth-order valence-corrected chi connectivity index (χ4v) is 3.00. The van der Waals surface area contributed by atoms with Gasteiger partial charge in [-0.05, 0) is 43.3 Å². The molecule has 2 heterocycles. The van der Waals surface area contributed by atoms with E-state index in [9.17, 15) is 4.39 Å². The van der Waals surface area contributed by atoms with Crippen molar-refractivity contribution in [2.45, 2.75) is 17.4 Å². The van der Waals surface area contributed by atoms with Crippen molar-refractivity contribution in [2.24, 2.45) is 0 Å². The molecule has 0 fully saturated rings. The number of rotatable bonds is 4. The Morgan fingerprint density at radius 3 is 2.58 bits per heavy atom. The summed E-state index contributed by atoms with van der Waals surface area (Å²) in [5.74, 6) is 0.509. The molecule has 0 unspecified atom stereocenters. The van der Waals surface area contributed by atoms with Crippen LogP contribution in [0.2, 0.25) is 0 Å². The van der Waals surface area contributed by atoms with Gasteiger partial charge in [0, 0.05) is 5.56 Å². The van der Waals surface area contributed by atoms with Crippen LogP contribution in [0.4, 0.5) is 4.39 Å². The van der Waals surface area contributed by atoms with E-state index in [1.807, 2.05) is 31.2 Å². The van der Waals surface area contributed by atoms with Crippen LogP contribution < -0.4 is 0 Å². The summed E-state index contributed by atoms with van der Waals surface area (Å²) in [6, 6.07) is 13.5. The zero-order chi connectivity index (χ0) is 16.5. The lowest BCUT2D eigenvalue weighted by molar-refractivity contribution is 0.481. The summed E-state index contributed by atoms with van der Waals surface area (Å²) in [6.45, 7) is 1.93. The first-order valence-electron chi connectivity index (χ1n) is 7.30. The Morgan fingerprint density at radius 2 is 1.79 bits per heavy atom. The Bertz CT molecular complexity index is 948. The second kappa shape index (κ2) is 6.09. The minimum Gasteiger partial charge on any atom is -0.431 e. The Kier molecular flexibility index (Phi) is 3.78. The summed E-state index contributed by atoms with van der Waals surface area (Å²) in [4.78, 5) is 4.42. The van der Waals surface area contributed by atoms with E-state index in [4.69, 9.17) is 8.83 Å².